The van der Waals surface area contributed by atoms with Gasteiger partial charge in [-0.1, -0.05) is 31.6 Å². The second-order valence-corrected chi connectivity index (χ2v) is 2.98. The molecule has 0 aliphatic rings. The van der Waals surface area contributed by atoms with Gasteiger partial charge in [-0.15, -0.1) is 0 Å². The SMILES string of the molecule is C/C=C\Oc1ccc(CCC)cc1. The highest BCUT2D eigenvalue weighted by molar-refractivity contribution is 5.27. The normalized spacial score (nSPS) is 10.6. The molecule has 0 aliphatic carbocycles. The predicted molar refractivity (Wildman–Crippen MR) is 55.9 cm³/mol. The maximum atomic E-state index is 5.31. The third-order valence-corrected chi connectivity index (χ3v) is 1.80. The molecule has 0 aliphatic heterocycles. The van der Waals surface area contributed by atoms with E-state index in [2.05, 4.69) is 19.1 Å². The third kappa shape index (κ3) is 3.32. The maximum absolute atomic E-state index is 5.31. The van der Waals surface area contributed by atoms with E-state index in [0.717, 1.165) is 12.2 Å². The third-order valence-electron chi connectivity index (χ3n) is 1.80. The average Bonchev–Trinajstić information content (AvgIpc) is 2.17. The van der Waals surface area contributed by atoms with Gasteiger partial charge in [-0.2, -0.15) is 0 Å². The highest BCUT2D eigenvalue weighted by atomic mass is 16.5. The molecule has 0 aromatic heterocycles. The van der Waals surface area contributed by atoms with Crippen molar-refractivity contribution in [1.29, 1.82) is 0 Å². The number of hydrogen-bond acceptors (Lipinski definition) is 1. The summed E-state index contributed by atoms with van der Waals surface area (Å²) in [6.45, 7) is 4.12. The lowest BCUT2D eigenvalue weighted by atomic mass is 10.1. The Hall–Kier alpha value is -1.24. The zero-order valence-corrected chi connectivity index (χ0v) is 8.29. The zero-order valence-electron chi connectivity index (χ0n) is 8.29. The topological polar surface area (TPSA) is 9.23 Å². The largest absolute Gasteiger partial charge is 0.465 e. The number of hydrogen-bond donors (Lipinski definition) is 0. The quantitative estimate of drug-likeness (QED) is 0.637. The summed E-state index contributed by atoms with van der Waals surface area (Å²) in [5, 5.41) is 0. The number of allylic oxidation sites excluding steroid dienone is 1. The Morgan fingerprint density at radius 2 is 1.92 bits per heavy atom. The minimum atomic E-state index is 0.901. The number of aryl methyl sites for hydroxylation is 1. The highest BCUT2D eigenvalue weighted by Gasteiger charge is 1.92. The van der Waals surface area contributed by atoms with Gasteiger partial charge in [0.2, 0.25) is 0 Å². The first kappa shape index (κ1) is 9.85. The van der Waals surface area contributed by atoms with Gasteiger partial charge < -0.3 is 4.74 Å². The van der Waals surface area contributed by atoms with Crippen LogP contribution in [-0.2, 0) is 6.42 Å². The molecule has 0 bridgehead atoms. The van der Waals surface area contributed by atoms with Crippen molar-refractivity contribution in [3.05, 3.63) is 42.2 Å². The summed E-state index contributed by atoms with van der Waals surface area (Å²) in [4.78, 5) is 0. The number of benzene rings is 1. The molecule has 0 radical (unpaired) electrons. The van der Waals surface area contributed by atoms with Crippen molar-refractivity contribution in [2.24, 2.45) is 0 Å². The molecular weight excluding hydrogens is 160 g/mol. The Balaban J connectivity index is 2.58. The lowest BCUT2D eigenvalue weighted by molar-refractivity contribution is 0.480. The van der Waals surface area contributed by atoms with Gasteiger partial charge in [0.25, 0.3) is 0 Å². The highest BCUT2D eigenvalue weighted by Crippen LogP contribution is 2.13. The van der Waals surface area contributed by atoms with E-state index in [9.17, 15) is 0 Å². The van der Waals surface area contributed by atoms with Crippen LogP contribution in [0.2, 0.25) is 0 Å². The standard InChI is InChI=1S/C12H16O/c1-3-5-11-6-8-12(9-7-11)13-10-4-2/h4,6-10H,3,5H2,1-2H3/b10-4-. The van der Waals surface area contributed by atoms with E-state index in [1.54, 1.807) is 6.26 Å². The molecule has 0 heterocycles. The molecule has 13 heavy (non-hydrogen) atoms. The molecule has 0 fully saturated rings. The van der Waals surface area contributed by atoms with Gasteiger partial charge in [0.1, 0.15) is 5.75 Å². The van der Waals surface area contributed by atoms with Crippen LogP contribution in [0.25, 0.3) is 0 Å². The second-order valence-electron chi connectivity index (χ2n) is 2.98. The van der Waals surface area contributed by atoms with E-state index in [1.807, 2.05) is 25.1 Å². The number of rotatable bonds is 4. The van der Waals surface area contributed by atoms with Gasteiger partial charge >= 0.3 is 0 Å². The van der Waals surface area contributed by atoms with E-state index in [-0.39, 0.29) is 0 Å². The predicted octanol–water partition coefficient (Wildman–Crippen LogP) is 3.55. The van der Waals surface area contributed by atoms with Crippen LogP contribution >= 0.6 is 0 Å². The van der Waals surface area contributed by atoms with Crippen molar-refractivity contribution in [2.45, 2.75) is 26.7 Å². The van der Waals surface area contributed by atoms with Crippen molar-refractivity contribution in [2.75, 3.05) is 0 Å². The second kappa shape index (κ2) is 5.41. The van der Waals surface area contributed by atoms with Gasteiger partial charge in [-0.25, -0.2) is 0 Å². The van der Waals surface area contributed by atoms with Crippen LogP contribution in [0.3, 0.4) is 0 Å². The van der Waals surface area contributed by atoms with Gasteiger partial charge in [-0.05, 0) is 31.0 Å². The first-order chi connectivity index (χ1) is 6.36. The molecule has 0 N–H and O–H groups in total. The van der Waals surface area contributed by atoms with Gasteiger partial charge in [-0.3, -0.25) is 0 Å². The van der Waals surface area contributed by atoms with E-state index >= 15 is 0 Å². The van der Waals surface area contributed by atoms with Crippen molar-refractivity contribution < 1.29 is 4.74 Å². The van der Waals surface area contributed by atoms with Crippen LogP contribution in [0.4, 0.5) is 0 Å². The summed E-state index contributed by atoms with van der Waals surface area (Å²) in [5.74, 6) is 0.901. The molecule has 0 unspecified atom stereocenters. The average molecular weight is 176 g/mol. The van der Waals surface area contributed by atoms with Crippen LogP contribution in [0.1, 0.15) is 25.8 Å². The summed E-state index contributed by atoms with van der Waals surface area (Å²) in [7, 11) is 0. The van der Waals surface area contributed by atoms with Gasteiger partial charge in [0, 0.05) is 0 Å². The van der Waals surface area contributed by atoms with Crippen LogP contribution in [-0.4, -0.2) is 0 Å². The van der Waals surface area contributed by atoms with Crippen molar-refractivity contribution in [3.63, 3.8) is 0 Å². The molecular formula is C12H16O. The Morgan fingerprint density at radius 3 is 2.46 bits per heavy atom. The fourth-order valence-electron chi connectivity index (χ4n) is 1.17. The van der Waals surface area contributed by atoms with Crippen LogP contribution in [0, 0.1) is 0 Å². The Labute approximate surface area is 80.0 Å². The molecule has 0 saturated heterocycles. The van der Waals surface area contributed by atoms with Crippen molar-refractivity contribution in [1.82, 2.24) is 0 Å². The maximum Gasteiger partial charge on any atom is 0.126 e. The first-order valence-corrected chi connectivity index (χ1v) is 4.73. The minimum Gasteiger partial charge on any atom is -0.465 e. The summed E-state index contributed by atoms with van der Waals surface area (Å²) < 4.78 is 5.31. The lowest BCUT2D eigenvalue weighted by Crippen LogP contribution is -1.84. The summed E-state index contributed by atoms with van der Waals surface area (Å²) in [6.07, 6.45) is 5.90. The molecule has 0 spiro atoms. The molecule has 0 amide bonds. The van der Waals surface area contributed by atoms with Crippen molar-refractivity contribution in [3.8, 4) is 5.75 Å². The smallest absolute Gasteiger partial charge is 0.126 e. The van der Waals surface area contributed by atoms with E-state index in [1.165, 1.54) is 12.0 Å². The molecule has 70 valence electrons. The summed E-state index contributed by atoms with van der Waals surface area (Å²) in [6, 6.07) is 8.24. The summed E-state index contributed by atoms with van der Waals surface area (Å²) >= 11 is 0. The van der Waals surface area contributed by atoms with E-state index in [0.29, 0.717) is 0 Å². The lowest BCUT2D eigenvalue weighted by Gasteiger charge is -2.01. The van der Waals surface area contributed by atoms with Crippen LogP contribution in [0.15, 0.2) is 36.6 Å². The summed E-state index contributed by atoms with van der Waals surface area (Å²) in [5.41, 5.74) is 1.37. The zero-order chi connectivity index (χ0) is 9.52. The van der Waals surface area contributed by atoms with Crippen LogP contribution in [0.5, 0.6) is 5.75 Å². The first-order valence-electron chi connectivity index (χ1n) is 4.73. The van der Waals surface area contributed by atoms with Gasteiger partial charge in [0.05, 0.1) is 6.26 Å². The molecule has 1 aromatic carbocycles. The fraction of sp³-hybridized carbons (Fsp3) is 0.333. The molecule has 0 atom stereocenters. The molecule has 1 rings (SSSR count). The fourth-order valence-corrected chi connectivity index (χ4v) is 1.17. The van der Waals surface area contributed by atoms with E-state index < -0.39 is 0 Å². The Bertz CT molecular complexity index is 259. The Kier molecular flexibility index (Phi) is 4.10. The minimum absolute atomic E-state index is 0.901. The molecule has 1 aromatic rings. The van der Waals surface area contributed by atoms with Gasteiger partial charge in [0.15, 0.2) is 0 Å². The molecule has 1 nitrogen and oxygen atoms in total. The van der Waals surface area contributed by atoms with Crippen molar-refractivity contribution >= 4 is 0 Å². The molecule has 0 saturated carbocycles. The molecule has 1 heteroatoms. The monoisotopic (exact) mass is 176 g/mol. The Morgan fingerprint density at radius 1 is 1.23 bits per heavy atom. The van der Waals surface area contributed by atoms with E-state index in [4.69, 9.17) is 4.74 Å². The van der Waals surface area contributed by atoms with Crippen LogP contribution < -0.4 is 4.74 Å². The number of ether oxygens (including phenoxy) is 1.